The predicted octanol–water partition coefficient (Wildman–Crippen LogP) is 4.83. The molecule has 0 N–H and O–H groups in total. The Hall–Kier alpha value is -3.18. The van der Waals surface area contributed by atoms with E-state index in [4.69, 9.17) is 9.47 Å². The van der Waals surface area contributed by atoms with Crippen molar-refractivity contribution in [1.29, 1.82) is 0 Å². The highest BCUT2D eigenvalue weighted by molar-refractivity contribution is 5.97. The lowest BCUT2D eigenvalue weighted by Crippen LogP contribution is -2.42. The zero-order chi connectivity index (χ0) is 19.3. The molecule has 4 rings (SSSR count). The molecular weight excluding hydrogens is 357 g/mol. The van der Waals surface area contributed by atoms with E-state index < -0.39 is 0 Å². The summed E-state index contributed by atoms with van der Waals surface area (Å²) in [5, 5.41) is 0. The van der Waals surface area contributed by atoms with Crippen LogP contribution in [0.5, 0.6) is 11.5 Å². The van der Waals surface area contributed by atoms with Crippen LogP contribution in [0.25, 0.3) is 0 Å². The van der Waals surface area contributed by atoms with Crippen LogP contribution < -0.4 is 4.74 Å². The fraction of sp³-hybridized carbons (Fsp3) is 0.174. The van der Waals surface area contributed by atoms with Crippen LogP contribution in [0.15, 0.2) is 78.9 Å². The van der Waals surface area contributed by atoms with E-state index in [1.54, 1.807) is 29.2 Å². The van der Waals surface area contributed by atoms with Crippen LogP contribution in [0.4, 0.5) is 4.39 Å². The van der Waals surface area contributed by atoms with E-state index in [9.17, 15) is 9.18 Å². The van der Waals surface area contributed by atoms with Crippen LogP contribution >= 0.6 is 0 Å². The lowest BCUT2D eigenvalue weighted by atomic mass is 10.1. The molecule has 0 radical (unpaired) electrons. The van der Waals surface area contributed by atoms with Crippen LogP contribution in [0, 0.1) is 5.82 Å². The first-order chi connectivity index (χ1) is 13.7. The number of amides is 1. The minimum Gasteiger partial charge on any atom is -0.457 e. The number of morpholine rings is 1. The molecule has 0 aliphatic carbocycles. The number of halogens is 1. The number of carbonyl (C=O) groups excluding carboxylic acids is 1. The van der Waals surface area contributed by atoms with Gasteiger partial charge in [-0.1, -0.05) is 42.5 Å². The summed E-state index contributed by atoms with van der Waals surface area (Å²) < 4.78 is 24.9. The van der Waals surface area contributed by atoms with Crippen molar-refractivity contribution in [3.8, 4) is 11.5 Å². The van der Waals surface area contributed by atoms with Gasteiger partial charge >= 0.3 is 0 Å². The lowest BCUT2D eigenvalue weighted by molar-refractivity contribution is -0.0229. The van der Waals surface area contributed by atoms with Gasteiger partial charge in [0.15, 0.2) is 0 Å². The number of hydrogen-bond acceptors (Lipinski definition) is 3. The van der Waals surface area contributed by atoms with E-state index in [2.05, 4.69) is 0 Å². The molecule has 1 atom stereocenters. The molecule has 1 saturated heterocycles. The monoisotopic (exact) mass is 377 g/mol. The van der Waals surface area contributed by atoms with Crippen molar-refractivity contribution in [2.75, 3.05) is 19.7 Å². The van der Waals surface area contributed by atoms with Crippen LogP contribution in [0.1, 0.15) is 22.0 Å². The number of nitrogens with zero attached hydrogens (tertiary/aromatic N) is 1. The Morgan fingerprint density at radius 2 is 1.68 bits per heavy atom. The molecule has 142 valence electrons. The standard InChI is InChI=1S/C23H20FNO3/c24-18-12-10-17(11-13-18)22-16-25(14-15-27-22)23(26)20-8-4-5-9-21(20)28-19-6-2-1-3-7-19/h1-13,22H,14-16H2/t22-/m1/s1. The van der Waals surface area contributed by atoms with Crippen molar-refractivity contribution < 1.29 is 18.7 Å². The summed E-state index contributed by atoms with van der Waals surface area (Å²) in [7, 11) is 0. The van der Waals surface area contributed by atoms with Gasteiger partial charge in [-0.05, 0) is 42.0 Å². The Morgan fingerprint density at radius 1 is 0.964 bits per heavy atom. The molecule has 1 fully saturated rings. The Balaban J connectivity index is 1.53. The second-order valence-corrected chi connectivity index (χ2v) is 6.57. The molecule has 3 aromatic carbocycles. The van der Waals surface area contributed by atoms with Crippen molar-refractivity contribution in [3.05, 3.63) is 95.8 Å². The van der Waals surface area contributed by atoms with Crippen LogP contribution in [0.2, 0.25) is 0 Å². The molecule has 0 bridgehead atoms. The Bertz CT molecular complexity index is 944. The molecule has 1 aliphatic rings. The quantitative estimate of drug-likeness (QED) is 0.654. The molecule has 4 nitrogen and oxygen atoms in total. The maximum atomic E-state index is 13.2. The highest BCUT2D eigenvalue weighted by Gasteiger charge is 2.27. The average molecular weight is 377 g/mol. The van der Waals surface area contributed by atoms with Crippen LogP contribution in [-0.4, -0.2) is 30.5 Å². The van der Waals surface area contributed by atoms with Crippen molar-refractivity contribution in [2.24, 2.45) is 0 Å². The molecule has 0 saturated carbocycles. The fourth-order valence-electron chi connectivity index (χ4n) is 3.23. The minimum atomic E-state index is -0.292. The number of benzene rings is 3. The summed E-state index contributed by atoms with van der Waals surface area (Å²) in [6.07, 6.45) is -0.277. The highest BCUT2D eigenvalue weighted by Crippen LogP contribution is 2.28. The topological polar surface area (TPSA) is 38.8 Å². The van der Waals surface area contributed by atoms with Gasteiger partial charge < -0.3 is 14.4 Å². The number of para-hydroxylation sites is 2. The van der Waals surface area contributed by atoms with E-state index in [-0.39, 0.29) is 17.8 Å². The van der Waals surface area contributed by atoms with Crippen molar-refractivity contribution in [2.45, 2.75) is 6.10 Å². The number of rotatable bonds is 4. The van der Waals surface area contributed by atoms with Gasteiger partial charge in [0.25, 0.3) is 5.91 Å². The maximum Gasteiger partial charge on any atom is 0.257 e. The molecular formula is C23H20FNO3. The van der Waals surface area contributed by atoms with Crippen molar-refractivity contribution in [3.63, 3.8) is 0 Å². The molecule has 0 spiro atoms. The van der Waals surface area contributed by atoms with Gasteiger partial charge in [-0.3, -0.25) is 4.79 Å². The van der Waals surface area contributed by atoms with Crippen LogP contribution in [0.3, 0.4) is 0 Å². The highest BCUT2D eigenvalue weighted by atomic mass is 19.1. The van der Waals surface area contributed by atoms with Crippen molar-refractivity contribution >= 4 is 5.91 Å². The third-order valence-corrected chi connectivity index (χ3v) is 4.68. The van der Waals surface area contributed by atoms with E-state index in [1.807, 2.05) is 42.5 Å². The van der Waals surface area contributed by atoms with Gasteiger partial charge in [0, 0.05) is 6.54 Å². The van der Waals surface area contributed by atoms with E-state index in [0.717, 1.165) is 5.56 Å². The predicted molar refractivity (Wildman–Crippen MR) is 104 cm³/mol. The summed E-state index contributed by atoms with van der Waals surface area (Å²) in [6, 6.07) is 22.8. The van der Waals surface area contributed by atoms with Gasteiger partial charge in [-0.2, -0.15) is 0 Å². The van der Waals surface area contributed by atoms with Gasteiger partial charge in [-0.15, -0.1) is 0 Å². The molecule has 1 heterocycles. The Labute approximate surface area is 163 Å². The van der Waals surface area contributed by atoms with Crippen LogP contribution in [-0.2, 0) is 4.74 Å². The summed E-state index contributed by atoms with van der Waals surface area (Å²) in [5.41, 5.74) is 1.36. The summed E-state index contributed by atoms with van der Waals surface area (Å²) in [4.78, 5) is 14.9. The minimum absolute atomic E-state index is 0.109. The smallest absolute Gasteiger partial charge is 0.257 e. The Morgan fingerprint density at radius 3 is 2.46 bits per heavy atom. The second-order valence-electron chi connectivity index (χ2n) is 6.57. The number of ether oxygens (including phenoxy) is 2. The average Bonchev–Trinajstić information content (AvgIpc) is 2.75. The fourth-order valence-corrected chi connectivity index (χ4v) is 3.23. The lowest BCUT2D eigenvalue weighted by Gasteiger charge is -2.33. The second kappa shape index (κ2) is 8.23. The molecule has 1 amide bonds. The number of carbonyl (C=O) groups is 1. The third-order valence-electron chi connectivity index (χ3n) is 4.68. The summed E-state index contributed by atoms with van der Waals surface area (Å²) in [6.45, 7) is 1.33. The zero-order valence-corrected chi connectivity index (χ0v) is 15.3. The first-order valence-electron chi connectivity index (χ1n) is 9.19. The normalized spacial score (nSPS) is 16.6. The van der Waals surface area contributed by atoms with E-state index >= 15 is 0 Å². The molecule has 1 aliphatic heterocycles. The molecule has 0 unspecified atom stereocenters. The van der Waals surface area contributed by atoms with Gasteiger partial charge in [0.05, 0.1) is 18.7 Å². The Kier molecular flexibility index (Phi) is 5.35. The first-order valence-corrected chi connectivity index (χ1v) is 9.19. The van der Waals surface area contributed by atoms with E-state index in [0.29, 0.717) is 36.8 Å². The molecule has 5 heteroatoms. The zero-order valence-electron chi connectivity index (χ0n) is 15.3. The maximum absolute atomic E-state index is 13.2. The number of hydrogen-bond donors (Lipinski definition) is 0. The van der Waals surface area contributed by atoms with Gasteiger partial charge in [0.1, 0.15) is 23.4 Å². The molecule has 28 heavy (non-hydrogen) atoms. The first kappa shape index (κ1) is 18.2. The SMILES string of the molecule is O=C(c1ccccc1Oc1ccccc1)N1CCO[C@@H](c2ccc(F)cc2)C1. The third kappa shape index (κ3) is 4.05. The summed E-state index contributed by atoms with van der Waals surface area (Å²) >= 11 is 0. The van der Waals surface area contributed by atoms with E-state index in [1.165, 1.54) is 12.1 Å². The van der Waals surface area contributed by atoms with Gasteiger partial charge in [-0.25, -0.2) is 4.39 Å². The largest absolute Gasteiger partial charge is 0.457 e. The van der Waals surface area contributed by atoms with Crippen molar-refractivity contribution in [1.82, 2.24) is 4.90 Å². The molecule has 3 aromatic rings. The molecule has 0 aromatic heterocycles. The summed E-state index contributed by atoms with van der Waals surface area (Å²) in [5.74, 6) is 0.791. The van der Waals surface area contributed by atoms with Gasteiger partial charge in [0.2, 0.25) is 0 Å².